The van der Waals surface area contributed by atoms with Crippen molar-refractivity contribution >= 4 is 58.0 Å². The van der Waals surface area contributed by atoms with Crippen LogP contribution in [0.4, 0.5) is 0 Å². The Morgan fingerprint density at radius 2 is 1.20 bits per heavy atom. The van der Waals surface area contributed by atoms with Gasteiger partial charge in [-0.2, -0.15) is 0 Å². The van der Waals surface area contributed by atoms with Crippen LogP contribution < -0.4 is 0 Å². The molecule has 1 radical (unpaired) electrons. The Labute approximate surface area is 82.8 Å². The zero-order valence-corrected chi connectivity index (χ0v) is 8.08. The van der Waals surface area contributed by atoms with Gasteiger partial charge < -0.3 is 0 Å². The highest BCUT2D eigenvalue weighted by Crippen LogP contribution is 2.30. The van der Waals surface area contributed by atoms with Crippen molar-refractivity contribution in [3.8, 4) is 0 Å². The molecule has 0 bridgehead atoms. The minimum absolute atomic E-state index is 0.245. The lowest BCUT2D eigenvalue weighted by atomic mass is 10.6. The predicted molar refractivity (Wildman–Crippen MR) is 44.0 cm³/mol. The highest BCUT2D eigenvalue weighted by Gasteiger charge is 2.09. The van der Waals surface area contributed by atoms with Gasteiger partial charge in [-0.15, -0.1) is 0 Å². The molecular weight excluding hydrogens is 241 g/mol. The summed E-state index contributed by atoms with van der Waals surface area (Å²) in [5, 5.41) is 8.72. The van der Waals surface area contributed by atoms with E-state index in [9.17, 15) is 5.11 Å². The van der Waals surface area contributed by atoms with Gasteiger partial charge in [0.25, 0.3) is 5.22 Å². The fourth-order valence-corrected chi connectivity index (χ4v) is 0.778. The molecule has 0 saturated carbocycles. The standard InChI is InChI=1S/C4Cl5O/c5-1(3(7)8)2(6)4(9)10. The van der Waals surface area contributed by atoms with E-state index in [1.54, 1.807) is 0 Å². The van der Waals surface area contributed by atoms with E-state index in [0.29, 0.717) is 0 Å². The average Bonchev–Trinajstić information content (AvgIpc) is 1.84. The van der Waals surface area contributed by atoms with Crippen LogP contribution >= 0.6 is 58.0 Å². The van der Waals surface area contributed by atoms with Gasteiger partial charge >= 0.3 is 0 Å². The third-order valence-corrected chi connectivity index (χ3v) is 2.22. The van der Waals surface area contributed by atoms with E-state index in [1.165, 1.54) is 0 Å². The van der Waals surface area contributed by atoms with Crippen molar-refractivity contribution in [1.29, 1.82) is 0 Å². The quantitative estimate of drug-likeness (QED) is 0.489. The minimum Gasteiger partial charge on any atom is -0.275 e. The second-order valence-corrected chi connectivity index (χ2v) is 3.21. The van der Waals surface area contributed by atoms with Crippen LogP contribution in [-0.4, -0.2) is 0 Å². The first-order valence-corrected chi connectivity index (χ1v) is 3.79. The molecule has 0 aromatic heterocycles. The van der Waals surface area contributed by atoms with Gasteiger partial charge in [-0.3, -0.25) is 5.11 Å². The number of hydrogen-bond donors (Lipinski definition) is 0. The molecule has 10 heavy (non-hydrogen) atoms. The maximum Gasteiger partial charge on any atom is 0.265 e. The Kier molecular flexibility index (Phi) is 4.91. The van der Waals surface area contributed by atoms with Crippen molar-refractivity contribution in [3.05, 3.63) is 19.8 Å². The van der Waals surface area contributed by atoms with E-state index in [-0.39, 0.29) is 14.6 Å². The lowest BCUT2D eigenvalue weighted by Crippen LogP contribution is -1.76. The molecule has 0 aliphatic heterocycles. The molecule has 0 heterocycles. The average molecular weight is 241 g/mol. The normalized spacial score (nSPS) is 12.5. The summed E-state index contributed by atoms with van der Waals surface area (Å²) < 4.78 is -0.291. The summed E-state index contributed by atoms with van der Waals surface area (Å²) in [7, 11) is 0. The Morgan fingerprint density at radius 3 is 1.30 bits per heavy atom. The lowest BCUT2D eigenvalue weighted by Gasteiger charge is -1.93. The Hall–Kier alpha value is 0.730. The molecule has 57 valence electrons. The molecule has 0 aliphatic carbocycles. The van der Waals surface area contributed by atoms with Crippen molar-refractivity contribution < 1.29 is 5.11 Å². The Balaban J connectivity index is 4.71. The molecule has 0 rings (SSSR count). The third kappa shape index (κ3) is 3.22. The Bertz CT molecular complexity index is 164. The molecule has 0 fully saturated rings. The number of hydrogen-bond acceptors (Lipinski definition) is 0. The first-order chi connectivity index (χ1) is 4.46. The van der Waals surface area contributed by atoms with Gasteiger partial charge in [0.1, 0.15) is 9.52 Å². The first-order valence-electron chi connectivity index (χ1n) is 1.90. The van der Waals surface area contributed by atoms with E-state index in [0.717, 1.165) is 0 Å². The molecule has 0 aromatic carbocycles. The summed E-state index contributed by atoms with van der Waals surface area (Å²) in [6, 6.07) is 0. The SMILES string of the molecule is [O]C(Cl)=C(Cl)C(Cl)=C(Cl)Cl. The van der Waals surface area contributed by atoms with Gasteiger partial charge in [-0.25, -0.2) is 0 Å². The monoisotopic (exact) mass is 239 g/mol. The van der Waals surface area contributed by atoms with Crippen LogP contribution in [0.2, 0.25) is 0 Å². The highest BCUT2D eigenvalue weighted by molar-refractivity contribution is 6.62. The molecule has 6 heteroatoms. The van der Waals surface area contributed by atoms with Crippen molar-refractivity contribution in [3.63, 3.8) is 0 Å². The van der Waals surface area contributed by atoms with Crippen LogP contribution in [0.5, 0.6) is 0 Å². The molecule has 1 nitrogen and oxygen atoms in total. The molecule has 0 amide bonds. The van der Waals surface area contributed by atoms with Crippen LogP contribution in [0.25, 0.3) is 0 Å². The smallest absolute Gasteiger partial charge is 0.265 e. The number of rotatable bonds is 1. The summed E-state index contributed by atoms with van der Waals surface area (Å²) in [6.45, 7) is 0. The largest absolute Gasteiger partial charge is 0.275 e. The van der Waals surface area contributed by atoms with Crippen LogP contribution in [-0.2, 0) is 5.11 Å². The van der Waals surface area contributed by atoms with Gasteiger partial charge in [0.05, 0.1) is 5.03 Å². The Morgan fingerprint density at radius 1 is 0.800 bits per heavy atom. The summed E-state index contributed by atoms with van der Waals surface area (Å²) in [5.74, 6) is 0. The van der Waals surface area contributed by atoms with Crippen LogP contribution in [0, 0.1) is 0 Å². The molecule has 0 saturated heterocycles. The number of allylic oxidation sites excluding steroid dienone is 2. The fourth-order valence-electron chi connectivity index (χ4n) is 0.169. The molecule has 0 spiro atoms. The van der Waals surface area contributed by atoms with Crippen molar-refractivity contribution in [1.82, 2.24) is 0 Å². The maximum atomic E-state index is 10.3. The zero-order chi connectivity index (χ0) is 8.31. The molecule has 0 aromatic rings. The topological polar surface area (TPSA) is 19.9 Å². The maximum absolute atomic E-state index is 10.3. The van der Waals surface area contributed by atoms with E-state index in [1.807, 2.05) is 0 Å². The van der Waals surface area contributed by atoms with E-state index in [4.69, 9.17) is 58.0 Å². The molecule has 0 unspecified atom stereocenters. The van der Waals surface area contributed by atoms with Gasteiger partial charge in [-0.1, -0.05) is 46.4 Å². The van der Waals surface area contributed by atoms with Gasteiger partial charge in [0.15, 0.2) is 0 Å². The summed E-state index contributed by atoms with van der Waals surface area (Å²) in [4.78, 5) is 0. The van der Waals surface area contributed by atoms with Crippen LogP contribution in [0.15, 0.2) is 19.8 Å². The second-order valence-electron chi connectivity index (χ2n) is 1.16. The number of halogens is 5. The highest BCUT2D eigenvalue weighted by atomic mass is 35.5. The summed E-state index contributed by atoms with van der Waals surface area (Å²) in [5.41, 5.74) is 0. The first kappa shape index (κ1) is 10.7. The fraction of sp³-hybridized carbons (Fsp3) is 0. The minimum atomic E-state index is -0.898. The van der Waals surface area contributed by atoms with E-state index in [2.05, 4.69) is 0 Å². The summed E-state index contributed by atoms with van der Waals surface area (Å²) >= 11 is 25.8. The van der Waals surface area contributed by atoms with Gasteiger partial charge in [0, 0.05) is 0 Å². The van der Waals surface area contributed by atoms with Crippen LogP contribution in [0.3, 0.4) is 0 Å². The molecule has 0 N–H and O–H groups in total. The third-order valence-electron chi connectivity index (χ3n) is 0.531. The molecular formula is C4Cl5O. The molecule has 0 atom stereocenters. The molecule has 0 aliphatic rings. The van der Waals surface area contributed by atoms with Crippen molar-refractivity contribution in [2.75, 3.05) is 0 Å². The second kappa shape index (κ2) is 4.58. The lowest BCUT2D eigenvalue weighted by molar-refractivity contribution is 0.331. The van der Waals surface area contributed by atoms with Crippen molar-refractivity contribution in [2.24, 2.45) is 0 Å². The summed E-state index contributed by atoms with van der Waals surface area (Å²) in [6.07, 6.45) is 0. The zero-order valence-electron chi connectivity index (χ0n) is 4.30. The van der Waals surface area contributed by atoms with Gasteiger partial charge in [0.2, 0.25) is 0 Å². The van der Waals surface area contributed by atoms with E-state index < -0.39 is 5.22 Å². The predicted octanol–water partition coefficient (Wildman–Crippen LogP) is 3.95. The van der Waals surface area contributed by atoms with Crippen molar-refractivity contribution in [2.45, 2.75) is 0 Å². The van der Waals surface area contributed by atoms with Gasteiger partial charge in [-0.05, 0) is 11.6 Å². The van der Waals surface area contributed by atoms with E-state index >= 15 is 0 Å². The van der Waals surface area contributed by atoms with Crippen LogP contribution in [0.1, 0.15) is 0 Å².